The maximum atomic E-state index is 13.6. The van der Waals surface area contributed by atoms with E-state index in [0.29, 0.717) is 24.2 Å². The van der Waals surface area contributed by atoms with Crippen LogP contribution in [0.5, 0.6) is 5.75 Å². The summed E-state index contributed by atoms with van der Waals surface area (Å²) in [5.41, 5.74) is 2.23. The fourth-order valence-electron chi connectivity index (χ4n) is 3.67. The maximum absolute atomic E-state index is 13.6. The number of carbonyl (C=O) groups is 1. The van der Waals surface area contributed by atoms with E-state index in [-0.39, 0.29) is 23.3 Å². The van der Waals surface area contributed by atoms with Gasteiger partial charge in [-0.05, 0) is 36.6 Å². The van der Waals surface area contributed by atoms with E-state index in [1.165, 1.54) is 12.3 Å². The van der Waals surface area contributed by atoms with Crippen LogP contribution < -0.4 is 0 Å². The van der Waals surface area contributed by atoms with Crippen molar-refractivity contribution in [3.63, 3.8) is 0 Å². The molecule has 1 saturated heterocycles. The van der Waals surface area contributed by atoms with Crippen LogP contribution >= 0.6 is 0 Å². The average Bonchev–Trinajstić information content (AvgIpc) is 3.29. The van der Waals surface area contributed by atoms with E-state index in [1.807, 2.05) is 13.2 Å². The van der Waals surface area contributed by atoms with E-state index < -0.39 is 5.82 Å². The number of piperidine rings is 1. The van der Waals surface area contributed by atoms with Gasteiger partial charge in [0.1, 0.15) is 11.6 Å². The summed E-state index contributed by atoms with van der Waals surface area (Å²) in [6, 6.07) is 5.83. The second-order valence-electron chi connectivity index (χ2n) is 6.90. The molecule has 0 spiro atoms. The van der Waals surface area contributed by atoms with Crippen LogP contribution in [0, 0.1) is 5.82 Å². The number of phenolic OH excluding ortho intramolecular Hbond substituents is 1. The van der Waals surface area contributed by atoms with Crippen LogP contribution in [0.2, 0.25) is 0 Å². The summed E-state index contributed by atoms with van der Waals surface area (Å²) in [6.45, 7) is 1.07. The topological polar surface area (TPSA) is 71.5 Å². The Balaban J connectivity index is 1.57. The zero-order valence-corrected chi connectivity index (χ0v) is 14.9. The standard InChI is InChI=1S/C20H20FN3O3/c1-23-11-15(10-22-23)18-4-6-27-19(18)20(26)24-5-2-3-13(12-24)14-7-16(21)9-17(25)8-14/h4,6-11,13,25H,2-3,5,12H2,1H3. The van der Waals surface area contributed by atoms with Crippen molar-refractivity contribution in [3.05, 3.63) is 60.1 Å². The molecule has 1 aliphatic rings. The van der Waals surface area contributed by atoms with Crippen LogP contribution in [0.3, 0.4) is 0 Å². The van der Waals surface area contributed by atoms with E-state index in [9.17, 15) is 14.3 Å². The Kier molecular flexibility index (Phi) is 4.43. The molecule has 4 rings (SSSR count). The quantitative estimate of drug-likeness (QED) is 0.766. The van der Waals surface area contributed by atoms with Crippen molar-refractivity contribution >= 4 is 5.91 Å². The SMILES string of the molecule is Cn1cc(-c2ccoc2C(=O)N2CCCC(c3cc(O)cc(F)c3)C2)cn1. The zero-order chi connectivity index (χ0) is 19.0. The minimum Gasteiger partial charge on any atom is -0.508 e. The summed E-state index contributed by atoms with van der Waals surface area (Å²) in [6.07, 6.45) is 6.66. The number of benzene rings is 1. The molecule has 0 bridgehead atoms. The average molecular weight is 369 g/mol. The van der Waals surface area contributed by atoms with Crippen LogP contribution in [0.4, 0.5) is 4.39 Å². The van der Waals surface area contributed by atoms with E-state index in [1.54, 1.807) is 27.9 Å². The van der Waals surface area contributed by atoms with Gasteiger partial charge in [-0.2, -0.15) is 5.10 Å². The van der Waals surface area contributed by atoms with E-state index in [0.717, 1.165) is 24.5 Å². The smallest absolute Gasteiger partial charge is 0.290 e. The highest BCUT2D eigenvalue weighted by Crippen LogP contribution is 2.32. The lowest BCUT2D eigenvalue weighted by atomic mass is 9.90. The van der Waals surface area contributed by atoms with E-state index in [2.05, 4.69) is 5.10 Å². The van der Waals surface area contributed by atoms with Gasteiger partial charge in [0.2, 0.25) is 0 Å². The summed E-state index contributed by atoms with van der Waals surface area (Å²) in [5, 5.41) is 13.8. The predicted octanol–water partition coefficient (Wildman–Crippen LogP) is 3.54. The number of aryl methyl sites for hydroxylation is 1. The lowest BCUT2D eigenvalue weighted by Crippen LogP contribution is -2.39. The Labute approximate surface area is 155 Å². The molecule has 7 heteroatoms. The summed E-state index contributed by atoms with van der Waals surface area (Å²) >= 11 is 0. The monoisotopic (exact) mass is 369 g/mol. The highest BCUT2D eigenvalue weighted by Gasteiger charge is 2.29. The molecular formula is C20H20FN3O3. The third-order valence-electron chi connectivity index (χ3n) is 4.96. The molecule has 1 unspecified atom stereocenters. The van der Waals surface area contributed by atoms with Crippen molar-refractivity contribution in [2.45, 2.75) is 18.8 Å². The third kappa shape index (κ3) is 3.45. The van der Waals surface area contributed by atoms with E-state index >= 15 is 0 Å². The van der Waals surface area contributed by atoms with Crippen LogP contribution in [0.25, 0.3) is 11.1 Å². The van der Waals surface area contributed by atoms with Crippen LogP contribution in [0.1, 0.15) is 34.9 Å². The second kappa shape index (κ2) is 6.90. The third-order valence-corrected chi connectivity index (χ3v) is 4.96. The minimum absolute atomic E-state index is 0.0268. The second-order valence-corrected chi connectivity index (χ2v) is 6.90. The number of phenols is 1. The number of furan rings is 1. The summed E-state index contributed by atoms with van der Waals surface area (Å²) < 4.78 is 20.8. The van der Waals surface area contributed by atoms with Gasteiger partial charge in [-0.3, -0.25) is 9.48 Å². The predicted molar refractivity (Wildman–Crippen MR) is 96.9 cm³/mol. The first kappa shape index (κ1) is 17.3. The van der Waals surface area contributed by atoms with Crippen molar-refractivity contribution in [3.8, 4) is 16.9 Å². The lowest BCUT2D eigenvalue weighted by molar-refractivity contribution is 0.0676. The van der Waals surface area contributed by atoms with Crippen molar-refractivity contribution in [1.82, 2.24) is 14.7 Å². The molecule has 3 aromatic rings. The number of amides is 1. The van der Waals surface area contributed by atoms with Gasteiger partial charge in [0.05, 0.1) is 12.5 Å². The molecule has 1 aliphatic heterocycles. The Morgan fingerprint density at radius 3 is 2.96 bits per heavy atom. The van der Waals surface area contributed by atoms with Crippen LogP contribution in [-0.2, 0) is 7.05 Å². The fourth-order valence-corrected chi connectivity index (χ4v) is 3.67. The highest BCUT2D eigenvalue weighted by atomic mass is 19.1. The molecule has 0 saturated carbocycles. The minimum atomic E-state index is -0.474. The van der Waals surface area contributed by atoms with Gasteiger partial charge in [0, 0.05) is 49.4 Å². The number of aromatic hydroxyl groups is 1. The first-order chi connectivity index (χ1) is 13.0. The first-order valence-electron chi connectivity index (χ1n) is 8.86. The van der Waals surface area contributed by atoms with Gasteiger partial charge < -0.3 is 14.4 Å². The first-order valence-corrected chi connectivity index (χ1v) is 8.86. The molecule has 27 heavy (non-hydrogen) atoms. The summed E-state index contributed by atoms with van der Waals surface area (Å²) in [7, 11) is 1.81. The van der Waals surface area contributed by atoms with Gasteiger partial charge >= 0.3 is 0 Å². The normalized spacial score (nSPS) is 17.3. The molecule has 1 amide bonds. The van der Waals surface area contributed by atoms with E-state index in [4.69, 9.17) is 4.42 Å². The van der Waals surface area contributed by atoms with Crippen molar-refractivity contribution < 1.29 is 18.7 Å². The molecule has 0 aliphatic carbocycles. The molecule has 1 fully saturated rings. The highest BCUT2D eigenvalue weighted by molar-refractivity contribution is 5.98. The number of hydrogen-bond acceptors (Lipinski definition) is 4. The molecular weight excluding hydrogens is 349 g/mol. The van der Waals surface area contributed by atoms with Gasteiger partial charge in [-0.1, -0.05) is 0 Å². The van der Waals surface area contributed by atoms with Gasteiger partial charge in [0.25, 0.3) is 5.91 Å². The number of halogens is 1. The maximum Gasteiger partial charge on any atom is 0.290 e. The van der Waals surface area contributed by atoms with Gasteiger partial charge in [0.15, 0.2) is 5.76 Å². The number of aromatic nitrogens is 2. The molecule has 0 radical (unpaired) electrons. The molecule has 1 atom stereocenters. The van der Waals surface area contributed by atoms with Gasteiger partial charge in [-0.25, -0.2) is 4.39 Å². The zero-order valence-electron chi connectivity index (χ0n) is 14.9. The summed E-state index contributed by atoms with van der Waals surface area (Å²) in [5.74, 6) is -0.507. The number of carbonyl (C=O) groups excluding carboxylic acids is 1. The molecule has 1 N–H and O–H groups in total. The number of rotatable bonds is 3. The molecule has 140 valence electrons. The van der Waals surface area contributed by atoms with Crippen molar-refractivity contribution in [2.75, 3.05) is 13.1 Å². The largest absolute Gasteiger partial charge is 0.508 e. The fraction of sp³-hybridized carbons (Fsp3) is 0.300. The lowest BCUT2D eigenvalue weighted by Gasteiger charge is -2.32. The Morgan fingerprint density at radius 2 is 2.22 bits per heavy atom. The van der Waals surface area contributed by atoms with Crippen molar-refractivity contribution in [2.24, 2.45) is 7.05 Å². The molecule has 1 aromatic carbocycles. The van der Waals surface area contributed by atoms with Crippen molar-refractivity contribution in [1.29, 1.82) is 0 Å². The summed E-state index contributed by atoms with van der Waals surface area (Å²) in [4.78, 5) is 14.8. The Hall–Kier alpha value is -3.09. The Morgan fingerprint density at radius 1 is 1.37 bits per heavy atom. The Bertz CT molecular complexity index is 958. The number of likely N-dealkylation sites (tertiary alicyclic amines) is 1. The number of hydrogen-bond donors (Lipinski definition) is 1. The van der Waals surface area contributed by atoms with Crippen LogP contribution in [0.15, 0.2) is 47.3 Å². The van der Waals surface area contributed by atoms with Crippen LogP contribution in [-0.4, -0.2) is 38.8 Å². The molecule has 2 aromatic heterocycles. The molecule has 6 nitrogen and oxygen atoms in total. The number of nitrogens with zero attached hydrogens (tertiary/aromatic N) is 3. The van der Waals surface area contributed by atoms with Gasteiger partial charge in [-0.15, -0.1) is 0 Å². The molecule has 3 heterocycles.